The van der Waals surface area contributed by atoms with E-state index in [1.54, 1.807) is 0 Å². The number of hydrogen-bond acceptors (Lipinski definition) is 3. The third-order valence-corrected chi connectivity index (χ3v) is 3.76. The predicted octanol–water partition coefficient (Wildman–Crippen LogP) is 1.63. The molecular weight excluding hydrogens is 200 g/mol. The molecule has 3 nitrogen and oxygen atoms in total. The molecule has 2 atom stereocenters. The van der Waals surface area contributed by atoms with Gasteiger partial charge in [0, 0.05) is 19.2 Å². The van der Waals surface area contributed by atoms with Crippen LogP contribution in [0.1, 0.15) is 39.0 Å². The van der Waals surface area contributed by atoms with E-state index in [4.69, 9.17) is 4.74 Å². The molecule has 94 valence electrons. The fourth-order valence-electron chi connectivity index (χ4n) is 2.66. The van der Waals surface area contributed by atoms with Crippen molar-refractivity contribution in [3.63, 3.8) is 0 Å². The summed E-state index contributed by atoms with van der Waals surface area (Å²) in [7, 11) is 0. The molecule has 0 spiro atoms. The van der Waals surface area contributed by atoms with E-state index in [9.17, 15) is 0 Å². The van der Waals surface area contributed by atoms with E-state index < -0.39 is 0 Å². The van der Waals surface area contributed by atoms with Crippen LogP contribution in [0.3, 0.4) is 0 Å². The molecule has 0 bridgehead atoms. The molecule has 16 heavy (non-hydrogen) atoms. The predicted molar refractivity (Wildman–Crippen MR) is 66.7 cm³/mol. The number of rotatable bonds is 2. The summed E-state index contributed by atoms with van der Waals surface area (Å²) in [6.45, 7) is 8.07. The number of nitrogens with zero attached hydrogens (tertiary/aromatic N) is 1. The monoisotopic (exact) mass is 226 g/mol. The second-order valence-electron chi connectivity index (χ2n) is 5.29. The lowest BCUT2D eigenvalue weighted by atomic mass is 10.1. The quantitative estimate of drug-likeness (QED) is 0.774. The fraction of sp³-hybridized carbons (Fsp3) is 1.00. The van der Waals surface area contributed by atoms with Crippen molar-refractivity contribution in [2.24, 2.45) is 0 Å². The Hall–Kier alpha value is -0.120. The van der Waals surface area contributed by atoms with Crippen LogP contribution in [0.4, 0.5) is 0 Å². The number of hydrogen-bond donors (Lipinski definition) is 1. The Balaban J connectivity index is 1.73. The summed E-state index contributed by atoms with van der Waals surface area (Å²) in [5, 5.41) is 3.55. The Morgan fingerprint density at radius 1 is 1.19 bits per heavy atom. The molecule has 2 saturated heterocycles. The van der Waals surface area contributed by atoms with Crippen LogP contribution in [0, 0.1) is 0 Å². The highest BCUT2D eigenvalue weighted by molar-refractivity contribution is 4.74. The summed E-state index contributed by atoms with van der Waals surface area (Å²) in [4.78, 5) is 2.60. The number of nitrogens with one attached hydrogen (secondary N) is 1. The average molecular weight is 226 g/mol. The Bertz CT molecular complexity index is 192. The molecule has 0 aromatic carbocycles. The third kappa shape index (κ3) is 4.04. The van der Waals surface area contributed by atoms with Crippen LogP contribution in [0.2, 0.25) is 0 Å². The molecule has 0 aliphatic carbocycles. The van der Waals surface area contributed by atoms with Gasteiger partial charge in [0.05, 0.1) is 6.10 Å². The van der Waals surface area contributed by atoms with Crippen molar-refractivity contribution in [3.05, 3.63) is 0 Å². The van der Waals surface area contributed by atoms with Crippen molar-refractivity contribution < 1.29 is 4.74 Å². The molecule has 2 aliphatic rings. The Morgan fingerprint density at radius 2 is 2.12 bits per heavy atom. The lowest BCUT2D eigenvalue weighted by molar-refractivity contribution is -0.00706. The van der Waals surface area contributed by atoms with Gasteiger partial charge in [0.15, 0.2) is 0 Å². The van der Waals surface area contributed by atoms with Crippen LogP contribution in [0.15, 0.2) is 0 Å². The van der Waals surface area contributed by atoms with Crippen LogP contribution in [-0.2, 0) is 4.74 Å². The molecule has 0 amide bonds. The molecule has 0 aromatic rings. The maximum Gasteiger partial charge on any atom is 0.0702 e. The minimum Gasteiger partial charge on any atom is -0.377 e. The largest absolute Gasteiger partial charge is 0.377 e. The van der Waals surface area contributed by atoms with E-state index in [0.717, 1.165) is 13.2 Å². The van der Waals surface area contributed by atoms with Gasteiger partial charge in [-0.25, -0.2) is 0 Å². The van der Waals surface area contributed by atoms with Crippen LogP contribution >= 0.6 is 0 Å². The van der Waals surface area contributed by atoms with E-state index in [-0.39, 0.29) is 0 Å². The Labute approximate surface area is 99.5 Å². The highest BCUT2D eigenvalue weighted by atomic mass is 16.5. The van der Waals surface area contributed by atoms with E-state index in [2.05, 4.69) is 17.1 Å². The zero-order valence-corrected chi connectivity index (χ0v) is 10.6. The average Bonchev–Trinajstić information content (AvgIpc) is 2.30. The van der Waals surface area contributed by atoms with Gasteiger partial charge in [-0.3, -0.25) is 0 Å². The van der Waals surface area contributed by atoms with Gasteiger partial charge in [0.1, 0.15) is 0 Å². The molecule has 2 rings (SSSR count). The topological polar surface area (TPSA) is 24.5 Å². The molecule has 2 unspecified atom stereocenters. The zero-order chi connectivity index (χ0) is 11.2. The molecule has 0 radical (unpaired) electrons. The minimum atomic E-state index is 0.511. The first-order valence-electron chi connectivity index (χ1n) is 6.92. The van der Waals surface area contributed by atoms with Crippen LogP contribution in [0.25, 0.3) is 0 Å². The van der Waals surface area contributed by atoms with Gasteiger partial charge in [-0.15, -0.1) is 0 Å². The SMILES string of the molecule is CC1CCN(CC2CCCCO2)CCCN1. The molecular formula is C13H26N2O. The molecule has 1 N–H and O–H groups in total. The van der Waals surface area contributed by atoms with Gasteiger partial charge in [0.2, 0.25) is 0 Å². The summed E-state index contributed by atoms with van der Waals surface area (Å²) >= 11 is 0. The van der Waals surface area contributed by atoms with Crippen LogP contribution in [-0.4, -0.2) is 49.8 Å². The highest BCUT2D eigenvalue weighted by Crippen LogP contribution is 2.14. The van der Waals surface area contributed by atoms with Crippen molar-refractivity contribution in [3.8, 4) is 0 Å². The second-order valence-corrected chi connectivity index (χ2v) is 5.29. The minimum absolute atomic E-state index is 0.511. The fourth-order valence-corrected chi connectivity index (χ4v) is 2.66. The van der Waals surface area contributed by atoms with Crippen molar-refractivity contribution in [2.45, 2.75) is 51.2 Å². The van der Waals surface area contributed by atoms with Crippen LogP contribution < -0.4 is 5.32 Å². The second kappa shape index (κ2) is 6.58. The van der Waals surface area contributed by atoms with Gasteiger partial charge >= 0.3 is 0 Å². The molecule has 0 saturated carbocycles. The maximum absolute atomic E-state index is 5.82. The third-order valence-electron chi connectivity index (χ3n) is 3.76. The normalized spacial score (nSPS) is 34.3. The first-order chi connectivity index (χ1) is 7.84. The summed E-state index contributed by atoms with van der Waals surface area (Å²) in [5.74, 6) is 0. The zero-order valence-electron chi connectivity index (χ0n) is 10.6. The molecule has 2 fully saturated rings. The van der Waals surface area contributed by atoms with Crippen LogP contribution in [0.5, 0.6) is 0 Å². The molecule has 2 aliphatic heterocycles. The van der Waals surface area contributed by atoms with Gasteiger partial charge < -0.3 is 15.0 Å². The molecule has 2 heterocycles. The maximum atomic E-state index is 5.82. The smallest absolute Gasteiger partial charge is 0.0702 e. The first kappa shape index (κ1) is 12.3. The first-order valence-corrected chi connectivity index (χ1v) is 6.92. The van der Waals surface area contributed by atoms with Crippen molar-refractivity contribution in [1.82, 2.24) is 10.2 Å². The van der Waals surface area contributed by atoms with Gasteiger partial charge in [-0.2, -0.15) is 0 Å². The highest BCUT2D eigenvalue weighted by Gasteiger charge is 2.19. The summed E-state index contributed by atoms with van der Waals surface area (Å²) in [6.07, 6.45) is 6.94. The van der Waals surface area contributed by atoms with Gasteiger partial charge in [-0.1, -0.05) is 0 Å². The lowest BCUT2D eigenvalue weighted by Crippen LogP contribution is -2.42. The van der Waals surface area contributed by atoms with E-state index in [0.29, 0.717) is 12.1 Å². The van der Waals surface area contributed by atoms with Crippen molar-refractivity contribution in [2.75, 3.05) is 32.8 Å². The van der Waals surface area contributed by atoms with Crippen molar-refractivity contribution in [1.29, 1.82) is 0 Å². The Morgan fingerprint density at radius 3 is 2.94 bits per heavy atom. The Kier molecular flexibility index (Phi) is 5.07. The van der Waals surface area contributed by atoms with Gasteiger partial charge in [-0.05, 0) is 58.7 Å². The summed E-state index contributed by atoms with van der Waals surface area (Å²) in [6, 6.07) is 0.676. The summed E-state index contributed by atoms with van der Waals surface area (Å²) < 4.78 is 5.82. The van der Waals surface area contributed by atoms with E-state index in [1.807, 2.05) is 0 Å². The van der Waals surface area contributed by atoms with E-state index >= 15 is 0 Å². The lowest BCUT2D eigenvalue weighted by Gasteiger charge is -2.32. The summed E-state index contributed by atoms with van der Waals surface area (Å²) in [5.41, 5.74) is 0. The number of ether oxygens (including phenoxy) is 1. The van der Waals surface area contributed by atoms with Gasteiger partial charge in [0.25, 0.3) is 0 Å². The van der Waals surface area contributed by atoms with E-state index in [1.165, 1.54) is 51.7 Å². The molecule has 0 aromatic heterocycles. The standard InChI is InChI=1S/C13H26N2O/c1-12-6-9-15(8-4-7-14-12)11-13-5-2-3-10-16-13/h12-14H,2-11H2,1H3. The molecule has 3 heteroatoms. The van der Waals surface area contributed by atoms with Crippen molar-refractivity contribution >= 4 is 0 Å².